The zero-order valence-corrected chi connectivity index (χ0v) is 11.6. The molecule has 1 aromatic heterocycles. The SMILES string of the molecule is Cc1c(O)ccc2c(-c3ccc([N+](=O)[O-])cc3)cc(=O)oc12. The predicted molar refractivity (Wildman–Crippen MR) is 81.0 cm³/mol. The molecule has 0 atom stereocenters. The van der Waals surface area contributed by atoms with Gasteiger partial charge < -0.3 is 9.52 Å². The molecule has 0 radical (unpaired) electrons. The molecule has 0 aliphatic rings. The molecule has 0 fully saturated rings. The van der Waals surface area contributed by atoms with Gasteiger partial charge in [-0.05, 0) is 42.3 Å². The van der Waals surface area contributed by atoms with Gasteiger partial charge in [0.15, 0.2) is 0 Å². The summed E-state index contributed by atoms with van der Waals surface area (Å²) in [5.74, 6) is 0.0384. The second kappa shape index (κ2) is 5.00. The molecular weight excluding hydrogens is 286 g/mol. The van der Waals surface area contributed by atoms with Gasteiger partial charge in [-0.2, -0.15) is 0 Å². The molecule has 0 amide bonds. The molecule has 3 aromatic rings. The van der Waals surface area contributed by atoms with Crippen LogP contribution < -0.4 is 5.63 Å². The van der Waals surface area contributed by atoms with E-state index in [9.17, 15) is 20.0 Å². The summed E-state index contributed by atoms with van der Waals surface area (Å²) in [6.45, 7) is 1.65. The second-order valence-electron chi connectivity index (χ2n) is 4.87. The average molecular weight is 297 g/mol. The molecular formula is C16H11NO5. The molecule has 0 spiro atoms. The normalized spacial score (nSPS) is 10.8. The van der Waals surface area contributed by atoms with E-state index in [2.05, 4.69) is 0 Å². The third-order valence-electron chi connectivity index (χ3n) is 3.52. The first-order valence-corrected chi connectivity index (χ1v) is 6.48. The molecule has 0 aliphatic carbocycles. The van der Waals surface area contributed by atoms with Crippen LogP contribution in [-0.2, 0) is 0 Å². The molecule has 1 N–H and O–H groups in total. The van der Waals surface area contributed by atoms with E-state index in [4.69, 9.17) is 4.42 Å². The van der Waals surface area contributed by atoms with Crippen LogP contribution in [0.15, 0.2) is 51.7 Å². The fraction of sp³-hybridized carbons (Fsp3) is 0.0625. The Bertz CT molecular complexity index is 941. The number of hydrogen-bond acceptors (Lipinski definition) is 5. The van der Waals surface area contributed by atoms with E-state index < -0.39 is 10.5 Å². The van der Waals surface area contributed by atoms with Crippen molar-refractivity contribution in [2.75, 3.05) is 0 Å². The summed E-state index contributed by atoms with van der Waals surface area (Å²) in [6, 6.07) is 10.4. The molecule has 0 unspecified atom stereocenters. The second-order valence-corrected chi connectivity index (χ2v) is 4.87. The number of aromatic hydroxyl groups is 1. The van der Waals surface area contributed by atoms with Crippen LogP contribution in [0.3, 0.4) is 0 Å². The van der Waals surface area contributed by atoms with Gasteiger partial charge in [0.25, 0.3) is 5.69 Å². The summed E-state index contributed by atoms with van der Waals surface area (Å²) in [5, 5.41) is 21.1. The lowest BCUT2D eigenvalue weighted by atomic mass is 10.00. The van der Waals surface area contributed by atoms with Crippen molar-refractivity contribution < 1.29 is 14.4 Å². The largest absolute Gasteiger partial charge is 0.508 e. The van der Waals surface area contributed by atoms with E-state index in [1.807, 2.05) is 0 Å². The van der Waals surface area contributed by atoms with Crippen molar-refractivity contribution in [1.29, 1.82) is 0 Å². The van der Waals surface area contributed by atoms with Crippen LogP contribution in [0.2, 0.25) is 0 Å². The first kappa shape index (κ1) is 13.8. The van der Waals surface area contributed by atoms with Crippen LogP contribution in [0, 0.1) is 17.0 Å². The number of phenols is 1. The molecule has 6 heteroatoms. The number of benzene rings is 2. The minimum absolute atomic E-state index is 0.0233. The van der Waals surface area contributed by atoms with Gasteiger partial charge in [0.2, 0.25) is 0 Å². The van der Waals surface area contributed by atoms with E-state index in [-0.39, 0.29) is 11.4 Å². The molecule has 0 saturated carbocycles. The van der Waals surface area contributed by atoms with Crippen molar-refractivity contribution in [2.24, 2.45) is 0 Å². The minimum atomic E-state index is -0.547. The fourth-order valence-electron chi connectivity index (χ4n) is 2.35. The highest BCUT2D eigenvalue weighted by molar-refractivity contribution is 5.95. The van der Waals surface area contributed by atoms with Gasteiger partial charge in [0.1, 0.15) is 11.3 Å². The lowest BCUT2D eigenvalue weighted by Crippen LogP contribution is -1.99. The van der Waals surface area contributed by atoms with Crippen LogP contribution in [0.5, 0.6) is 5.75 Å². The Morgan fingerprint density at radius 3 is 2.45 bits per heavy atom. The standard InChI is InChI=1S/C16H11NO5/c1-9-14(18)7-6-12-13(8-15(19)22-16(9)12)10-2-4-11(5-3-10)17(20)21/h2-8,18H,1H3. The third kappa shape index (κ3) is 2.20. The van der Waals surface area contributed by atoms with Crippen molar-refractivity contribution in [1.82, 2.24) is 0 Å². The van der Waals surface area contributed by atoms with Crippen molar-refractivity contribution in [3.05, 3.63) is 68.6 Å². The molecule has 3 rings (SSSR count). The maximum Gasteiger partial charge on any atom is 0.336 e. The zero-order valence-electron chi connectivity index (χ0n) is 11.6. The van der Waals surface area contributed by atoms with Crippen molar-refractivity contribution in [2.45, 2.75) is 6.92 Å². The Kier molecular flexibility index (Phi) is 3.14. The first-order chi connectivity index (χ1) is 10.5. The number of nitro groups is 1. The summed E-state index contributed by atoms with van der Waals surface area (Å²) < 4.78 is 5.17. The van der Waals surface area contributed by atoms with Gasteiger partial charge in [-0.25, -0.2) is 4.79 Å². The van der Waals surface area contributed by atoms with Crippen molar-refractivity contribution in [3.63, 3.8) is 0 Å². The fourth-order valence-corrected chi connectivity index (χ4v) is 2.35. The molecule has 2 aromatic carbocycles. The van der Waals surface area contributed by atoms with Crippen molar-refractivity contribution >= 4 is 16.7 Å². The summed E-state index contributed by atoms with van der Waals surface area (Å²) >= 11 is 0. The highest BCUT2D eigenvalue weighted by Crippen LogP contribution is 2.33. The van der Waals surface area contributed by atoms with E-state index in [0.29, 0.717) is 27.7 Å². The van der Waals surface area contributed by atoms with Gasteiger partial charge in [0, 0.05) is 29.1 Å². The Balaban J connectivity index is 2.28. The first-order valence-electron chi connectivity index (χ1n) is 6.48. The quantitative estimate of drug-likeness (QED) is 0.444. The Morgan fingerprint density at radius 2 is 1.82 bits per heavy atom. The minimum Gasteiger partial charge on any atom is -0.508 e. The molecule has 110 valence electrons. The van der Waals surface area contributed by atoms with Crippen LogP contribution >= 0.6 is 0 Å². The third-order valence-corrected chi connectivity index (χ3v) is 3.52. The monoisotopic (exact) mass is 297 g/mol. The number of hydrogen-bond donors (Lipinski definition) is 1. The van der Waals surface area contributed by atoms with E-state index in [1.54, 1.807) is 25.1 Å². The highest BCUT2D eigenvalue weighted by atomic mass is 16.6. The Hall–Kier alpha value is -3.15. The lowest BCUT2D eigenvalue weighted by Gasteiger charge is -2.08. The predicted octanol–water partition coefficient (Wildman–Crippen LogP) is 3.38. The maximum absolute atomic E-state index is 11.8. The Labute approximate surface area is 124 Å². The summed E-state index contributed by atoms with van der Waals surface area (Å²) in [6.07, 6.45) is 0. The van der Waals surface area contributed by atoms with Crippen LogP contribution in [0.4, 0.5) is 5.69 Å². The smallest absolute Gasteiger partial charge is 0.336 e. The molecule has 22 heavy (non-hydrogen) atoms. The number of aryl methyl sites for hydroxylation is 1. The summed E-state index contributed by atoms with van der Waals surface area (Å²) in [7, 11) is 0. The van der Waals surface area contributed by atoms with Gasteiger partial charge in [-0.3, -0.25) is 10.1 Å². The highest BCUT2D eigenvalue weighted by Gasteiger charge is 2.13. The number of fused-ring (bicyclic) bond motifs is 1. The number of non-ortho nitro benzene ring substituents is 1. The van der Waals surface area contributed by atoms with E-state index >= 15 is 0 Å². The van der Waals surface area contributed by atoms with E-state index in [1.165, 1.54) is 24.3 Å². The van der Waals surface area contributed by atoms with Crippen LogP contribution in [-0.4, -0.2) is 10.0 Å². The maximum atomic E-state index is 11.8. The molecule has 6 nitrogen and oxygen atoms in total. The number of nitrogens with zero attached hydrogens (tertiary/aromatic N) is 1. The molecule has 0 saturated heterocycles. The molecule has 1 heterocycles. The number of phenolic OH excluding ortho intramolecular Hbond substituents is 1. The van der Waals surface area contributed by atoms with Gasteiger partial charge in [-0.15, -0.1) is 0 Å². The van der Waals surface area contributed by atoms with Crippen LogP contribution in [0.1, 0.15) is 5.56 Å². The number of nitro benzene ring substituents is 1. The van der Waals surface area contributed by atoms with Gasteiger partial charge in [-0.1, -0.05) is 0 Å². The molecule has 0 aliphatic heterocycles. The van der Waals surface area contributed by atoms with E-state index in [0.717, 1.165) is 0 Å². The average Bonchev–Trinajstić information content (AvgIpc) is 2.51. The number of rotatable bonds is 2. The topological polar surface area (TPSA) is 93.6 Å². The lowest BCUT2D eigenvalue weighted by molar-refractivity contribution is -0.384. The van der Waals surface area contributed by atoms with Gasteiger partial charge in [0.05, 0.1) is 4.92 Å². The molecule has 0 bridgehead atoms. The summed E-state index contributed by atoms with van der Waals surface area (Å²) in [5.41, 5.74) is 1.47. The Morgan fingerprint density at radius 1 is 1.14 bits per heavy atom. The summed E-state index contributed by atoms with van der Waals surface area (Å²) in [4.78, 5) is 22.0. The zero-order chi connectivity index (χ0) is 15.9. The van der Waals surface area contributed by atoms with Crippen molar-refractivity contribution in [3.8, 4) is 16.9 Å². The van der Waals surface area contributed by atoms with Gasteiger partial charge >= 0.3 is 5.63 Å². The van der Waals surface area contributed by atoms with Crippen LogP contribution in [0.25, 0.3) is 22.1 Å².